The quantitative estimate of drug-likeness (QED) is 0.537. The van der Waals surface area contributed by atoms with Crippen molar-refractivity contribution in [1.82, 2.24) is 0 Å². The number of benzene rings is 3. The van der Waals surface area contributed by atoms with Gasteiger partial charge in [0.05, 0.1) is 13.7 Å². The first-order valence-electron chi connectivity index (χ1n) is 9.19. The fraction of sp³-hybridized carbons (Fsp3) is 0.217. The van der Waals surface area contributed by atoms with Crippen LogP contribution in [-0.2, 0) is 13.2 Å². The predicted octanol–water partition coefficient (Wildman–Crippen LogP) is 5.42. The van der Waals surface area contributed by atoms with Gasteiger partial charge in [-0.25, -0.2) is 4.39 Å². The molecule has 0 atom stereocenters. The highest BCUT2D eigenvalue weighted by atomic mass is 19.1. The van der Waals surface area contributed by atoms with E-state index in [-0.39, 0.29) is 12.4 Å². The van der Waals surface area contributed by atoms with E-state index in [9.17, 15) is 4.39 Å². The van der Waals surface area contributed by atoms with Crippen molar-refractivity contribution >= 4 is 5.69 Å². The Bertz CT molecular complexity index is 897. The highest BCUT2D eigenvalue weighted by Gasteiger charge is 2.07. The van der Waals surface area contributed by atoms with Gasteiger partial charge in [-0.1, -0.05) is 18.2 Å². The van der Waals surface area contributed by atoms with Crippen LogP contribution in [0.3, 0.4) is 0 Å². The zero-order valence-corrected chi connectivity index (χ0v) is 16.1. The lowest BCUT2D eigenvalue weighted by molar-refractivity contribution is 0.284. The molecular formula is C23H24FNO3. The molecule has 28 heavy (non-hydrogen) atoms. The number of ether oxygens (including phenoxy) is 3. The molecular weight excluding hydrogens is 357 g/mol. The Labute approximate surface area is 164 Å². The van der Waals surface area contributed by atoms with Gasteiger partial charge in [0.15, 0.2) is 11.5 Å². The molecule has 0 heterocycles. The highest BCUT2D eigenvalue weighted by molar-refractivity contribution is 5.48. The van der Waals surface area contributed by atoms with Crippen LogP contribution >= 0.6 is 0 Å². The van der Waals surface area contributed by atoms with Crippen molar-refractivity contribution in [2.75, 3.05) is 19.0 Å². The summed E-state index contributed by atoms with van der Waals surface area (Å²) in [6, 6.07) is 20.0. The molecule has 1 N–H and O–H groups in total. The Morgan fingerprint density at radius 2 is 1.68 bits per heavy atom. The average Bonchev–Trinajstić information content (AvgIpc) is 2.72. The van der Waals surface area contributed by atoms with E-state index in [4.69, 9.17) is 14.2 Å². The molecule has 0 amide bonds. The van der Waals surface area contributed by atoms with Gasteiger partial charge in [0.25, 0.3) is 0 Å². The third-order valence-corrected chi connectivity index (χ3v) is 4.17. The Morgan fingerprint density at radius 1 is 0.857 bits per heavy atom. The molecule has 0 fully saturated rings. The molecule has 0 radical (unpaired) electrons. The molecule has 0 bridgehead atoms. The van der Waals surface area contributed by atoms with Gasteiger partial charge in [0, 0.05) is 12.2 Å². The third kappa shape index (κ3) is 5.39. The van der Waals surface area contributed by atoms with Gasteiger partial charge in [-0.05, 0) is 66.6 Å². The Balaban J connectivity index is 1.60. The molecule has 0 aliphatic heterocycles. The van der Waals surface area contributed by atoms with Crippen LogP contribution in [0.2, 0.25) is 0 Å². The van der Waals surface area contributed by atoms with Gasteiger partial charge in [0.1, 0.15) is 18.2 Å². The van der Waals surface area contributed by atoms with E-state index in [2.05, 4.69) is 5.32 Å². The fourth-order valence-electron chi connectivity index (χ4n) is 2.77. The van der Waals surface area contributed by atoms with Crippen molar-refractivity contribution < 1.29 is 18.6 Å². The van der Waals surface area contributed by atoms with Gasteiger partial charge >= 0.3 is 0 Å². The van der Waals surface area contributed by atoms with Crippen molar-refractivity contribution in [2.24, 2.45) is 0 Å². The van der Waals surface area contributed by atoms with Crippen LogP contribution in [-0.4, -0.2) is 13.7 Å². The second kappa shape index (κ2) is 9.65. The minimum absolute atomic E-state index is 0.274. The fourth-order valence-corrected chi connectivity index (χ4v) is 2.77. The first kappa shape index (κ1) is 19.5. The van der Waals surface area contributed by atoms with Gasteiger partial charge < -0.3 is 19.5 Å². The first-order chi connectivity index (χ1) is 13.7. The summed E-state index contributed by atoms with van der Waals surface area (Å²) in [5, 5.41) is 3.37. The molecule has 0 unspecified atom stereocenters. The lowest BCUT2D eigenvalue weighted by Gasteiger charge is -2.13. The summed E-state index contributed by atoms with van der Waals surface area (Å²) in [5.74, 6) is 1.84. The predicted molar refractivity (Wildman–Crippen MR) is 109 cm³/mol. The van der Waals surface area contributed by atoms with Crippen LogP contribution in [0.1, 0.15) is 18.1 Å². The monoisotopic (exact) mass is 381 g/mol. The maximum Gasteiger partial charge on any atom is 0.161 e. The zero-order chi connectivity index (χ0) is 19.8. The van der Waals surface area contributed by atoms with E-state index in [0.717, 1.165) is 22.6 Å². The van der Waals surface area contributed by atoms with Crippen LogP contribution < -0.4 is 19.5 Å². The van der Waals surface area contributed by atoms with Crippen LogP contribution in [0.25, 0.3) is 0 Å². The highest BCUT2D eigenvalue weighted by Crippen LogP contribution is 2.29. The maximum absolute atomic E-state index is 13.3. The number of rotatable bonds is 9. The van der Waals surface area contributed by atoms with Gasteiger partial charge in [0.2, 0.25) is 0 Å². The van der Waals surface area contributed by atoms with Crippen molar-refractivity contribution in [1.29, 1.82) is 0 Å². The van der Waals surface area contributed by atoms with E-state index in [1.54, 1.807) is 13.2 Å². The number of halogens is 1. The van der Waals surface area contributed by atoms with Gasteiger partial charge in [-0.3, -0.25) is 0 Å². The molecule has 3 aromatic carbocycles. The Kier molecular flexibility index (Phi) is 6.73. The van der Waals surface area contributed by atoms with E-state index in [0.29, 0.717) is 24.7 Å². The number of hydrogen-bond acceptors (Lipinski definition) is 4. The van der Waals surface area contributed by atoms with Gasteiger partial charge in [-0.2, -0.15) is 0 Å². The SMILES string of the molecule is CCOc1ccc(NCc2ccc(OCc3cccc(F)c3)c(OC)c2)cc1. The van der Waals surface area contributed by atoms with Crippen molar-refractivity contribution in [3.8, 4) is 17.2 Å². The summed E-state index contributed by atoms with van der Waals surface area (Å²) in [6.45, 7) is 3.54. The maximum atomic E-state index is 13.3. The van der Waals surface area contributed by atoms with Crippen molar-refractivity contribution in [2.45, 2.75) is 20.1 Å². The summed E-state index contributed by atoms with van der Waals surface area (Å²) < 4.78 is 30.0. The molecule has 0 aliphatic rings. The smallest absolute Gasteiger partial charge is 0.161 e. The second-order valence-electron chi connectivity index (χ2n) is 6.21. The number of nitrogens with one attached hydrogen (secondary N) is 1. The standard InChI is InChI=1S/C23H24FNO3/c1-3-27-21-10-8-20(9-11-21)25-15-17-7-12-22(23(14-17)26-2)28-16-18-5-4-6-19(24)13-18/h4-14,25H,3,15-16H2,1-2H3. The normalized spacial score (nSPS) is 10.4. The largest absolute Gasteiger partial charge is 0.494 e. The number of methoxy groups -OCH3 is 1. The molecule has 0 aromatic heterocycles. The van der Waals surface area contributed by atoms with E-state index < -0.39 is 0 Å². The van der Waals surface area contributed by atoms with Crippen LogP contribution in [0.5, 0.6) is 17.2 Å². The van der Waals surface area contributed by atoms with Gasteiger partial charge in [-0.15, -0.1) is 0 Å². The second-order valence-corrected chi connectivity index (χ2v) is 6.21. The van der Waals surface area contributed by atoms with Crippen LogP contribution in [0.4, 0.5) is 10.1 Å². The summed E-state index contributed by atoms with van der Waals surface area (Å²) in [6.07, 6.45) is 0. The van der Waals surface area contributed by atoms with Crippen molar-refractivity contribution in [3.63, 3.8) is 0 Å². The van der Waals surface area contributed by atoms with Crippen LogP contribution in [0, 0.1) is 5.82 Å². The van der Waals surface area contributed by atoms with E-state index >= 15 is 0 Å². The molecule has 0 saturated carbocycles. The number of anilines is 1. The molecule has 3 aromatic rings. The molecule has 146 valence electrons. The molecule has 0 saturated heterocycles. The molecule has 0 aliphatic carbocycles. The number of hydrogen-bond donors (Lipinski definition) is 1. The zero-order valence-electron chi connectivity index (χ0n) is 16.1. The minimum Gasteiger partial charge on any atom is -0.494 e. The molecule has 3 rings (SSSR count). The Morgan fingerprint density at radius 3 is 2.39 bits per heavy atom. The Hall–Kier alpha value is -3.21. The summed E-state index contributed by atoms with van der Waals surface area (Å²) in [4.78, 5) is 0. The van der Waals surface area contributed by atoms with Crippen molar-refractivity contribution in [3.05, 3.63) is 83.7 Å². The third-order valence-electron chi connectivity index (χ3n) is 4.17. The summed E-state index contributed by atoms with van der Waals surface area (Å²) in [7, 11) is 1.61. The molecule has 0 spiro atoms. The lowest BCUT2D eigenvalue weighted by Crippen LogP contribution is -2.02. The topological polar surface area (TPSA) is 39.7 Å². The lowest BCUT2D eigenvalue weighted by atomic mass is 10.2. The molecule has 4 nitrogen and oxygen atoms in total. The van der Waals surface area contributed by atoms with Crippen LogP contribution in [0.15, 0.2) is 66.7 Å². The minimum atomic E-state index is -0.274. The van der Waals surface area contributed by atoms with E-state index in [1.807, 2.05) is 55.5 Å². The first-order valence-corrected chi connectivity index (χ1v) is 9.19. The average molecular weight is 381 g/mol. The van der Waals surface area contributed by atoms with E-state index in [1.165, 1.54) is 12.1 Å². The summed E-state index contributed by atoms with van der Waals surface area (Å²) in [5.41, 5.74) is 2.83. The summed E-state index contributed by atoms with van der Waals surface area (Å²) >= 11 is 0. The molecule has 5 heteroatoms.